The Hall–Kier alpha value is -1.40. The van der Waals surface area contributed by atoms with E-state index in [4.69, 9.17) is 11.5 Å². The molecule has 0 fully saturated rings. The van der Waals surface area contributed by atoms with Crippen molar-refractivity contribution >= 4 is 17.7 Å². The van der Waals surface area contributed by atoms with Crippen molar-refractivity contribution in [2.45, 2.75) is 11.7 Å². The van der Waals surface area contributed by atoms with Crippen LogP contribution in [0.1, 0.15) is 5.56 Å². The highest BCUT2D eigenvalue weighted by Crippen LogP contribution is 2.16. The van der Waals surface area contributed by atoms with E-state index < -0.39 is 11.2 Å². The first-order valence-corrected chi connectivity index (χ1v) is 5.60. The van der Waals surface area contributed by atoms with Crippen molar-refractivity contribution in [2.24, 2.45) is 0 Å². The lowest BCUT2D eigenvalue weighted by Gasteiger charge is -2.09. The Morgan fingerprint density at radius 2 is 2.13 bits per heavy atom. The van der Waals surface area contributed by atoms with E-state index in [-0.39, 0.29) is 0 Å². The van der Waals surface area contributed by atoms with E-state index in [2.05, 4.69) is 5.92 Å². The molecule has 1 aromatic rings. The number of benzene rings is 1. The van der Waals surface area contributed by atoms with Crippen LogP contribution >= 0.6 is 11.8 Å². The predicted octanol–water partition coefficient (Wildman–Crippen LogP) is 2.05. The topological polar surface area (TPSA) is 37.3 Å². The zero-order chi connectivity index (χ0) is 11.1. The van der Waals surface area contributed by atoms with Gasteiger partial charge in [0.05, 0.1) is 5.75 Å². The van der Waals surface area contributed by atoms with E-state index in [9.17, 15) is 4.79 Å². The summed E-state index contributed by atoms with van der Waals surface area (Å²) < 4.78 is 0. The van der Waals surface area contributed by atoms with Gasteiger partial charge in [0.15, 0.2) is 0 Å². The molecule has 1 N–H and O–H groups in total. The molecule has 0 aliphatic rings. The van der Waals surface area contributed by atoms with Crippen LogP contribution in [0.5, 0.6) is 0 Å². The van der Waals surface area contributed by atoms with E-state index >= 15 is 0 Å². The van der Waals surface area contributed by atoms with Gasteiger partial charge in [-0.15, -0.1) is 18.2 Å². The van der Waals surface area contributed by atoms with Crippen LogP contribution in [0.3, 0.4) is 0 Å². The second kappa shape index (κ2) is 6.15. The van der Waals surface area contributed by atoms with Gasteiger partial charge in [-0.25, -0.2) is 0 Å². The fraction of sp³-hybridized carbons (Fsp3) is 0.250. The number of hydrogen-bond donors (Lipinski definition) is 1. The smallest absolute Gasteiger partial charge is 0.316 e. The monoisotopic (exact) mass is 220 g/mol. The summed E-state index contributed by atoms with van der Waals surface area (Å²) in [6, 6.07) is 9.56. The van der Waals surface area contributed by atoms with Crippen molar-refractivity contribution in [1.29, 1.82) is 0 Å². The Labute approximate surface area is 93.7 Å². The summed E-state index contributed by atoms with van der Waals surface area (Å²) in [5.41, 5.74) is 1.02. The van der Waals surface area contributed by atoms with Crippen LogP contribution in [0.4, 0.5) is 0 Å². The second-order valence-electron chi connectivity index (χ2n) is 3.03. The standard InChI is InChI=1S/C12H12O2S/c1-2-8-15-11(12(13)14)9-10-6-4-3-5-7-10/h1,3-7,11H,8-9H2,(H,13,14). The van der Waals surface area contributed by atoms with Crippen LogP contribution in [0.15, 0.2) is 30.3 Å². The Bertz CT molecular complexity index is 354. The number of carboxylic acids is 1. The molecule has 78 valence electrons. The molecule has 0 aliphatic carbocycles. The molecule has 1 aromatic carbocycles. The summed E-state index contributed by atoms with van der Waals surface area (Å²) in [5.74, 6) is 2.07. The van der Waals surface area contributed by atoms with Crippen LogP contribution in [0.25, 0.3) is 0 Å². The zero-order valence-electron chi connectivity index (χ0n) is 8.22. The Kier molecular flexibility index (Phi) is 4.79. The minimum Gasteiger partial charge on any atom is -0.480 e. The minimum absolute atomic E-state index is 0.434. The quantitative estimate of drug-likeness (QED) is 0.772. The molecule has 0 saturated heterocycles. The third kappa shape index (κ3) is 4.09. The lowest BCUT2D eigenvalue weighted by Crippen LogP contribution is -2.19. The summed E-state index contributed by atoms with van der Waals surface area (Å²) in [4.78, 5) is 10.9. The fourth-order valence-corrected chi connectivity index (χ4v) is 1.94. The average Bonchev–Trinajstić information content (AvgIpc) is 2.25. The SMILES string of the molecule is C#CCSC(Cc1ccccc1)C(=O)O. The van der Waals surface area contributed by atoms with Gasteiger partial charge in [0, 0.05) is 0 Å². The number of carboxylic acid groups (broad SMARTS) is 1. The van der Waals surface area contributed by atoms with Crippen molar-refractivity contribution in [2.75, 3.05) is 5.75 Å². The van der Waals surface area contributed by atoms with Crippen LogP contribution < -0.4 is 0 Å². The maximum Gasteiger partial charge on any atom is 0.316 e. The fourth-order valence-electron chi connectivity index (χ4n) is 1.19. The van der Waals surface area contributed by atoms with Gasteiger partial charge in [0.1, 0.15) is 5.25 Å². The largest absolute Gasteiger partial charge is 0.480 e. The predicted molar refractivity (Wildman–Crippen MR) is 62.9 cm³/mol. The van der Waals surface area contributed by atoms with Crippen molar-refractivity contribution in [3.63, 3.8) is 0 Å². The van der Waals surface area contributed by atoms with E-state index in [1.165, 1.54) is 11.8 Å². The Balaban J connectivity index is 2.60. The molecule has 3 heteroatoms. The molecule has 0 spiro atoms. The highest BCUT2D eigenvalue weighted by Gasteiger charge is 2.17. The Morgan fingerprint density at radius 1 is 1.47 bits per heavy atom. The lowest BCUT2D eigenvalue weighted by molar-refractivity contribution is -0.136. The second-order valence-corrected chi connectivity index (χ2v) is 4.22. The van der Waals surface area contributed by atoms with E-state index in [0.717, 1.165) is 5.56 Å². The Morgan fingerprint density at radius 3 is 2.67 bits per heavy atom. The summed E-state index contributed by atoms with van der Waals surface area (Å²) in [7, 11) is 0. The lowest BCUT2D eigenvalue weighted by atomic mass is 10.1. The summed E-state index contributed by atoms with van der Waals surface area (Å²) in [5, 5.41) is 8.52. The maximum absolute atomic E-state index is 10.9. The first-order valence-electron chi connectivity index (χ1n) is 4.56. The third-order valence-electron chi connectivity index (χ3n) is 1.91. The molecule has 0 amide bonds. The summed E-state index contributed by atoms with van der Waals surface area (Å²) >= 11 is 1.29. The molecule has 1 rings (SSSR count). The van der Waals surface area contributed by atoms with Crippen LogP contribution in [-0.4, -0.2) is 22.1 Å². The van der Waals surface area contributed by atoms with Gasteiger partial charge >= 0.3 is 5.97 Å². The highest BCUT2D eigenvalue weighted by molar-refractivity contribution is 8.00. The number of terminal acetylenes is 1. The highest BCUT2D eigenvalue weighted by atomic mass is 32.2. The van der Waals surface area contributed by atoms with Gasteiger partial charge in [-0.1, -0.05) is 36.3 Å². The molecule has 0 bridgehead atoms. The maximum atomic E-state index is 10.9. The first-order chi connectivity index (χ1) is 7.24. The van der Waals surface area contributed by atoms with Crippen molar-refractivity contribution in [3.05, 3.63) is 35.9 Å². The normalized spacial score (nSPS) is 11.7. The molecular weight excluding hydrogens is 208 g/mol. The van der Waals surface area contributed by atoms with Crippen LogP contribution in [0.2, 0.25) is 0 Å². The van der Waals surface area contributed by atoms with E-state index in [0.29, 0.717) is 12.2 Å². The molecule has 15 heavy (non-hydrogen) atoms. The minimum atomic E-state index is -0.806. The number of rotatable bonds is 5. The molecule has 1 unspecified atom stereocenters. The number of aliphatic carboxylic acids is 1. The van der Waals surface area contributed by atoms with Gasteiger partial charge in [-0.2, -0.15) is 0 Å². The number of thioether (sulfide) groups is 1. The first kappa shape index (κ1) is 11.7. The zero-order valence-corrected chi connectivity index (χ0v) is 9.04. The van der Waals surface area contributed by atoms with Crippen molar-refractivity contribution in [3.8, 4) is 12.3 Å². The van der Waals surface area contributed by atoms with Gasteiger partial charge in [0.25, 0.3) is 0 Å². The van der Waals surface area contributed by atoms with Crippen molar-refractivity contribution in [1.82, 2.24) is 0 Å². The third-order valence-corrected chi connectivity index (χ3v) is 3.01. The van der Waals surface area contributed by atoms with Crippen LogP contribution in [0, 0.1) is 12.3 Å². The van der Waals surface area contributed by atoms with Gasteiger partial charge in [-0.3, -0.25) is 4.79 Å². The molecule has 1 atom stereocenters. The summed E-state index contributed by atoms with van der Waals surface area (Å²) in [6.07, 6.45) is 5.62. The van der Waals surface area contributed by atoms with Gasteiger partial charge in [-0.05, 0) is 12.0 Å². The molecule has 0 heterocycles. The molecule has 0 aliphatic heterocycles. The van der Waals surface area contributed by atoms with E-state index in [1.54, 1.807) is 0 Å². The van der Waals surface area contributed by atoms with E-state index in [1.807, 2.05) is 30.3 Å². The average molecular weight is 220 g/mol. The van der Waals surface area contributed by atoms with Gasteiger partial charge < -0.3 is 5.11 Å². The molecular formula is C12H12O2S. The summed E-state index contributed by atoms with van der Waals surface area (Å²) in [6.45, 7) is 0. The molecule has 2 nitrogen and oxygen atoms in total. The molecule has 0 saturated carbocycles. The number of hydrogen-bond acceptors (Lipinski definition) is 2. The molecule has 0 radical (unpaired) electrons. The van der Waals surface area contributed by atoms with Crippen LogP contribution in [-0.2, 0) is 11.2 Å². The number of carbonyl (C=O) groups is 1. The van der Waals surface area contributed by atoms with Crippen molar-refractivity contribution < 1.29 is 9.90 Å². The molecule has 0 aromatic heterocycles. The van der Waals surface area contributed by atoms with Gasteiger partial charge in [0.2, 0.25) is 0 Å².